The average molecular weight is 426 g/mol. The minimum Gasteiger partial charge on any atom is -0.459 e. The molecule has 1 heterocycles. The van der Waals surface area contributed by atoms with Gasteiger partial charge in [0.25, 0.3) is 11.8 Å². The van der Waals surface area contributed by atoms with Gasteiger partial charge in [0.2, 0.25) is 0 Å². The summed E-state index contributed by atoms with van der Waals surface area (Å²) in [6.07, 6.45) is 1.31. The molecule has 0 bridgehead atoms. The molecular weight excluding hydrogens is 404 g/mol. The summed E-state index contributed by atoms with van der Waals surface area (Å²) in [5, 5.41) is 2.55. The average Bonchev–Trinajstić information content (AvgIpc) is 3.21. The summed E-state index contributed by atoms with van der Waals surface area (Å²) in [5.74, 6) is -0.943. The van der Waals surface area contributed by atoms with E-state index in [4.69, 9.17) is 4.42 Å². The Morgan fingerprint density at radius 1 is 1.00 bits per heavy atom. The van der Waals surface area contributed by atoms with Crippen LogP contribution in [0.2, 0.25) is 0 Å². The van der Waals surface area contributed by atoms with E-state index in [9.17, 15) is 18.0 Å². The second-order valence-electron chi connectivity index (χ2n) is 6.78. The van der Waals surface area contributed by atoms with Crippen LogP contribution in [0.4, 0.5) is 0 Å². The lowest BCUT2D eigenvalue weighted by Gasteiger charge is -2.17. The van der Waals surface area contributed by atoms with Crippen molar-refractivity contribution in [2.75, 3.05) is 14.1 Å². The van der Waals surface area contributed by atoms with Crippen LogP contribution in [0.25, 0.3) is 0 Å². The number of furan rings is 1. The number of nitrogens with zero attached hydrogens (tertiary/aromatic N) is 1. The number of sulfone groups is 1. The third kappa shape index (κ3) is 4.77. The Labute approximate surface area is 175 Å². The molecule has 0 spiro atoms. The molecule has 8 heteroatoms. The van der Waals surface area contributed by atoms with E-state index < -0.39 is 15.7 Å². The smallest absolute Gasteiger partial charge is 0.289 e. The van der Waals surface area contributed by atoms with E-state index >= 15 is 0 Å². The van der Waals surface area contributed by atoms with Crippen LogP contribution in [0.1, 0.15) is 32.0 Å². The van der Waals surface area contributed by atoms with E-state index in [2.05, 4.69) is 5.32 Å². The summed E-state index contributed by atoms with van der Waals surface area (Å²) >= 11 is 0. The Balaban J connectivity index is 1.73. The SMILES string of the molecule is CNC(=O)c1ccc(CN(C)C(=O)c2occc2CS(=O)(=O)c2ccccc2)cc1. The Morgan fingerprint density at radius 3 is 2.30 bits per heavy atom. The maximum atomic E-state index is 12.8. The van der Waals surface area contributed by atoms with Crippen molar-refractivity contribution in [1.82, 2.24) is 10.2 Å². The first-order chi connectivity index (χ1) is 14.3. The molecule has 0 saturated heterocycles. The fourth-order valence-corrected chi connectivity index (χ4v) is 4.35. The Hall–Kier alpha value is -3.39. The number of carbonyl (C=O) groups excluding carboxylic acids is 2. The van der Waals surface area contributed by atoms with E-state index in [0.29, 0.717) is 11.1 Å². The zero-order valence-electron chi connectivity index (χ0n) is 16.7. The van der Waals surface area contributed by atoms with E-state index in [1.54, 1.807) is 56.6 Å². The van der Waals surface area contributed by atoms with Crippen molar-refractivity contribution in [3.8, 4) is 0 Å². The van der Waals surface area contributed by atoms with E-state index in [1.807, 2.05) is 0 Å². The molecule has 2 aromatic carbocycles. The second-order valence-corrected chi connectivity index (χ2v) is 8.77. The molecule has 0 fully saturated rings. The van der Waals surface area contributed by atoms with Crippen molar-refractivity contribution in [3.63, 3.8) is 0 Å². The number of carbonyl (C=O) groups is 2. The molecule has 0 aliphatic heterocycles. The topological polar surface area (TPSA) is 96.7 Å². The van der Waals surface area contributed by atoms with Gasteiger partial charge in [-0.05, 0) is 35.9 Å². The van der Waals surface area contributed by atoms with E-state index in [0.717, 1.165) is 5.56 Å². The minimum atomic E-state index is -3.61. The summed E-state index contributed by atoms with van der Waals surface area (Å²) in [7, 11) is -0.447. The summed E-state index contributed by atoms with van der Waals surface area (Å²) in [4.78, 5) is 26.1. The van der Waals surface area contributed by atoms with Gasteiger partial charge >= 0.3 is 0 Å². The molecule has 0 atom stereocenters. The predicted molar refractivity (Wildman–Crippen MR) is 112 cm³/mol. The van der Waals surface area contributed by atoms with E-state index in [-0.39, 0.29) is 28.9 Å². The third-order valence-electron chi connectivity index (χ3n) is 4.60. The van der Waals surface area contributed by atoms with Crippen LogP contribution < -0.4 is 5.32 Å². The molecule has 0 radical (unpaired) electrons. The van der Waals surface area contributed by atoms with Gasteiger partial charge in [-0.3, -0.25) is 9.59 Å². The number of hydrogen-bond acceptors (Lipinski definition) is 5. The maximum Gasteiger partial charge on any atom is 0.289 e. The van der Waals surface area contributed by atoms with E-state index in [1.165, 1.54) is 29.4 Å². The van der Waals surface area contributed by atoms with Gasteiger partial charge in [0, 0.05) is 31.8 Å². The molecule has 0 aliphatic rings. The molecule has 3 rings (SSSR count). The summed E-state index contributed by atoms with van der Waals surface area (Å²) in [5.41, 5.74) is 1.66. The molecule has 7 nitrogen and oxygen atoms in total. The third-order valence-corrected chi connectivity index (χ3v) is 6.28. The van der Waals surface area contributed by atoms with Crippen LogP contribution in [0, 0.1) is 0 Å². The molecule has 30 heavy (non-hydrogen) atoms. The van der Waals surface area contributed by atoms with Gasteiger partial charge < -0.3 is 14.6 Å². The van der Waals surface area contributed by atoms with Crippen LogP contribution in [0.5, 0.6) is 0 Å². The fraction of sp³-hybridized carbons (Fsp3) is 0.182. The largest absolute Gasteiger partial charge is 0.459 e. The lowest BCUT2D eigenvalue weighted by Crippen LogP contribution is -2.27. The molecular formula is C22H22N2O5S. The van der Waals surface area contributed by atoms with Crippen molar-refractivity contribution in [3.05, 3.63) is 89.4 Å². The van der Waals surface area contributed by atoms with Gasteiger partial charge in [0.05, 0.1) is 16.9 Å². The van der Waals surface area contributed by atoms with Gasteiger partial charge in [0.1, 0.15) is 0 Å². The zero-order chi connectivity index (χ0) is 21.7. The van der Waals surface area contributed by atoms with Crippen molar-refractivity contribution in [2.45, 2.75) is 17.2 Å². The fourth-order valence-electron chi connectivity index (χ4n) is 2.98. The van der Waals surface area contributed by atoms with Crippen molar-refractivity contribution in [1.29, 1.82) is 0 Å². The van der Waals surface area contributed by atoms with Crippen molar-refractivity contribution in [2.24, 2.45) is 0 Å². The number of amides is 2. The monoisotopic (exact) mass is 426 g/mol. The summed E-state index contributed by atoms with van der Waals surface area (Å²) in [6.45, 7) is 0.276. The van der Waals surface area contributed by atoms with Crippen LogP contribution in [0.3, 0.4) is 0 Å². The highest BCUT2D eigenvalue weighted by atomic mass is 32.2. The number of nitrogens with one attached hydrogen (secondary N) is 1. The first kappa shape index (κ1) is 21.3. The Morgan fingerprint density at radius 2 is 1.67 bits per heavy atom. The maximum absolute atomic E-state index is 12.8. The molecule has 0 saturated carbocycles. The Kier molecular flexibility index (Phi) is 6.37. The number of benzene rings is 2. The first-order valence-electron chi connectivity index (χ1n) is 9.22. The summed E-state index contributed by atoms with van der Waals surface area (Å²) < 4.78 is 30.6. The van der Waals surface area contributed by atoms with Crippen molar-refractivity contribution < 1.29 is 22.4 Å². The molecule has 156 valence electrons. The molecule has 0 unspecified atom stereocenters. The number of rotatable bonds is 7. The highest BCUT2D eigenvalue weighted by molar-refractivity contribution is 7.90. The predicted octanol–water partition coefficient (Wildman–Crippen LogP) is 2.89. The first-order valence-corrected chi connectivity index (χ1v) is 10.9. The molecule has 0 aliphatic carbocycles. The molecule has 2 amide bonds. The quantitative estimate of drug-likeness (QED) is 0.627. The van der Waals surface area contributed by atoms with Crippen LogP contribution in [0.15, 0.2) is 76.2 Å². The molecule has 1 aromatic heterocycles. The standard InChI is InChI=1S/C22H22N2O5S/c1-23-21(25)17-10-8-16(9-11-17)14-24(2)22(26)20-18(12-13-29-20)15-30(27,28)19-6-4-3-5-7-19/h3-13H,14-15H2,1-2H3,(H,23,25). The van der Waals surface area contributed by atoms with Gasteiger partial charge in [-0.1, -0.05) is 30.3 Å². The number of hydrogen-bond donors (Lipinski definition) is 1. The van der Waals surface area contributed by atoms with Crippen molar-refractivity contribution >= 4 is 21.7 Å². The van der Waals surface area contributed by atoms with Crippen LogP contribution in [-0.2, 0) is 22.1 Å². The highest BCUT2D eigenvalue weighted by Gasteiger charge is 2.24. The van der Waals surface area contributed by atoms with Crippen LogP contribution >= 0.6 is 0 Å². The molecule has 1 N–H and O–H groups in total. The van der Waals surface area contributed by atoms with Gasteiger partial charge in [0.15, 0.2) is 15.6 Å². The van der Waals surface area contributed by atoms with Crippen LogP contribution in [-0.4, -0.2) is 39.2 Å². The lowest BCUT2D eigenvalue weighted by atomic mass is 10.1. The minimum absolute atomic E-state index is 0.000938. The zero-order valence-corrected chi connectivity index (χ0v) is 17.5. The van der Waals surface area contributed by atoms with Gasteiger partial charge in [-0.25, -0.2) is 8.42 Å². The second kappa shape index (κ2) is 8.96. The highest BCUT2D eigenvalue weighted by Crippen LogP contribution is 2.21. The van der Waals surface area contributed by atoms with Gasteiger partial charge in [-0.15, -0.1) is 0 Å². The normalized spacial score (nSPS) is 11.1. The van der Waals surface area contributed by atoms with Gasteiger partial charge in [-0.2, -0.15) is 0 Å². The Bertz CT molecular complexity index is 1140. The molecule has 3 aromatic rings. The lowest BCUT2D eigenvalue weighted by molar-refractivity contribution is 0.0752. The summed E-state index contributed by atoms with van der Waals surface area (Å²) in [6, 6.07) is 16.5.